The molecule has 0 aliphatic carbocycles. The SMILES string of the molecule is C[C@@H](Sc1nnc(COc2ccc([N+](=O)[O-])cc2)n1C)C(=O)[O-]. The molecule has 0 aliphatic heterocycles. The molecule has 0 aliphatic rings. The van der Waals surface area contributed by atoms with Crippen molar-refractivity contribution >= 4 is 23.4 Å². The number of carboxylic acids is 1. The Balaban J connectivity index is 1.99. The highest BCUT2D eigenvalue weighted by atomic mass is 32.2. The number of benzene rings is 1. The number of carboxylic acid groups (broad SMARTS) is 1. The molecule has 1 atom stereocenters. The number of carbonyl (C=O) groups excluding carboxylic acids is 1. The third-order valence-electron chi connectivity index (χ3n) is 2.95. The lowest BCUT2D eigenvalue weighted by Gasteiger charge is -2.11. The Morgan fingerprint density at radius 2 is 2.04 bits per heavy atom. The Morgan fingerprint density at radius 1 is 1.39 bits per heavy atom. The van der Waals surface area contributed by atoms with Gasteiger partial charge in [0.25, 0.3) is 5.69 Å². The quantitative estimate of drug-likeness (QED) is 0.407. The number of aliphatic carboxylic acids is 1. The Kier molecular flexibility index (Phi) is 5.16. The molecule has 0 saturated carbocycles. The molecule has 1 aromatic heterocycles. The molecule has 1 aromatic carbocycles. The summed E-state index contributed by atoms with van der Waals surface area (Å²) in [5, 5.41) is 28.8. The van der Waals surface area contributed by atoms with E-state index in [0.29, 0.717) is 16.7 Å². The maximum Gasteiger partial charge on any atom is 0.269 e. The molecule has 0 bridgehead atoms. The molecule has 2 aromatic rings. The van der Waals surface area contributed by atoms with Gasteiger partial charge in [0.05, 0.1) is 10.9 Å². The first-order valence-corrected chi connectivity index (χ1v) is 7.39. The summed E-state index contributed by atoms with van der Waals surface area (Å²) in [6.45, 7) is 1.60. The van der Waals surface area contributed by atoms with Crippen molar-refractivity contribution in [2.45, 2.75) is 23.9 Å². The number of nitrogens with zero attached hydrogens (tertiary/aromatic N) is 4. The molecule has 9 nitrogen and oxygen atoms in total. The monoisotopic (exact) mass is 337 g/mol. The molecule has 122 valence electrons. The number of thioether (sulfide) groups is 1. The predicted octanol–water partition coefficient (Wildman–Crippen LogP) is 0.533. The van der Waals surface area contributed by atoms with E-state index < -0.39 is 16.1 Å². The van der Waals surface area contributed by atoms with Gasteiger partial charge in [0.2, 0.25) is 0 Å². The molecule has 0 unspecified atom stereocenters. The van der Waals surface area contributed by atoms with E-state index in [1.807, 2.05) is 0 Å². The summed E-state index contributed by atoms with van der Waals surface area (Å²) >= 11 is 1.02. The van der Waals surface area contributed by atoms with E-state index in [9.17, 15) is 20.0 Å². The van der Waals surface area contributed by atoms with Gasteiger partial charge in [0.1, 0.15) is 12.4 Å². The van der Waals surface area contributed by atoms with Gasteiger partial charge in [-0.2, -0.15) is 0 Å². The van der Waals surface area contributed by atoms with Gasteiger partial charge in [-0.05, 0) is 19.1 Å². The topological polar surface area (TPSA) is 123 Å². The van der Waals surface area contributed by atoms with E-state index in [1.54, 1.807) is 11.6 Å². The summed E-state index contributed by atoms with van der Waals surface area (Å²) < 4.78 is 7.11. The van der Waals surface area contributed by atoms with Crippen molar-refractivity contribution in [2.75, 3.05) is 0 Å². The van der Waals surface area contributed by atoms with E-state index in [2.05, 4.69) is 10.2 Å². The van der Waals surface area contributed by atoms with E-state index >= 15 is 0 Å². The van der Waals surface area contributed by atoms with Crippen molar-refractivity contribution in [1.29, 1.82) is 0 Å². The van der Waals surface area contributed by atoms with Gasteiger partial charge in [-0.25, -0.2) is 0 Å². The number of hydrogen-bond donors (Lipinski definition) is 0. The minimum absolute atomic E-state index is 0.0223. The average Bonchev–Trinajstić information content (AvgIpc) is 2.86. The second kappa shape index (κ2) is 7.09. The first-order chi connectivity index (χ1) is 10.9. The van der Waals surface area contributed by atoms with Crippen LogP contribution in [0.25, 0.3) is 0 Å². The van der Waals surface area contributed by atoms with E-state index in [-0.39, 0.29) is 12.3 Å². The van der Waals surface area contributed by atoms with Crippen LogP contribution in [0.2, 0.25) is 0 Å². The minimum atomic E-state index is -1.18. The van der Waals surface area contributed by atoms with Crippen LogP contribution in [0.5, 0.6) is 5.75 Å². The Labute approximate surface area is 135 Å². The second-order valence-electron chi connectivity index (χ2n) is 4.58. The Bertz CT molecular complexity index is 716. The first kappa shape index (κ1) is 16.7. The number of nitro groups is 1. The summed E-state index contributed by atoms with van der Waals surface area (Å²) in [6.07, 6.45) is 0. The lowest BCUT2D eigenvalue weighted by Crippen LogP contribution is -2.31. The fourth-order valence-electron chi connectivity index (χ4n) is 1.59. The van der Waals surface area contributed by atoms with E-state index in [4.69, 9.17) is 4.74 Å². The summed E-state index contributed by atoms with van der Waals surface area (Å²) in [6, 6.07) is 5.66. The summed E-state index contributed by atoms with van der Waals surface area (Å²) in [5.41, 5.74) is -0.0223. The molecule has 0 fully saturated rings. The number of ether oxygens (including phenoxy) is 1. The highest BCUT2D eigenvalue weighted by molar-refractivity contribution is 8.00. The number of nitro benzene ring substituents is 1. The molecule has 0 radical (unpaired) electrons. The van der Waals surface area contributed by atoms with Gasteiger partial charge in [0, 0.05) is 24.4 Å². The average molecular weight is 337 g/mol. The van der Waals surface area contributed by atoms with E-state index in [1.165, 1.54) is 31.2 Å². The zero-order valence-corrected chi connectivity index (χ0v) is 13.1. The summed E-state index contributed by atoms with van der Waals surface area (Å²) in [7, 11) is 1.69. The van der Waals surface area contributed by atoms with Gasteiger partial charge >= 0.3 is 0 Å². The lowest BCUT2D eigenvalue weighted by molar-refractivity contribution is -0.384. The number of hydrogen-bond acceptors (Lipinski definition) is 8. The molecule has 0 amide bonds. The maximum absolute atomic E-state index is 10.7. The van der Waals surface area contributed by atoms with Crippen LogP contribution < -0.4 is 9.84 Å². The zero-order valence-electron chi connectivity index (χ0n) is 12.3. The van der Waals surface area contributed by atoms with Crippen LogP contribution in [-0.4, -0.2) is 30.9 Å². The van der Waals surface area contributed by atoms with Crippen molar-refractivity contribution in [3.05, 3.63) is 40.2 Å². The number of carbonyl (C=O) groups is 1. The van der Waals surface area contributed by atoms with Crippen molar-refractivity contribution in [2.24, 2.45) is 7.05 Å². The fourth-order valence-corrected chi connectivity index (χ4v) is 2.36. The molecule has 1 heterocycles. The van der Waals surface area contributed by atoms with Gasteiger partial charge in [-0.3, -0.25) is 10.1 Å². The Morgan fingerprint density at radius 3 is 2.61 bits per heavy atom. The van der Waals surface area contributed by atoms with E-state index in [0.717, 1.165) is 11.8 Å². The van der Waals surface area contributed by atoms with Gasteiger partial charge in [-0.1, -0.05) is 11.8 Å². The van der Waals surface area contributed by atoms with Crippen LogP contribution in [-0.2, 0) is 18.4 Å². The van der Waals surface area contributed by atoms with Crippen LogP contribution in [0.3, 0.4) is 0 Å². The number of non-ortho nitro benzene ring substituents is 1. The van der Waals surface area contributed by atoms with Crippen LogP contribution in [0.1, 0.15) is 12.7 Å². The van der Waals surface area contributed by atoms with Gasteiger partial charge < -0.3 is 19.2 Å². The number of aromatic nitrogens is 3. The molecule has 0 N–H and O–H groups in total. The molecular formula is C13H13N4O5S-. The van der Waals surface area contributed by atoms with Crippen molar-refractivity contribution in [1.82, 2.24) is 14.8 Å². The first-order valence-electron chi connectivity index (χ1n) is 6.51. The third-order valence-corrected chi connectivity index (χ3v) is 4.07. The van der Waals surface area contributed by atoms with Gasteiger partial charge in [0.15, 0.2) is 11.0 Å². The zero-order chi connectivity index (χ0) is 17.0. The molecule has 23 heavy (non-hydrogen) atoms. The Hall–Kier alpha value is -2.62. The van der Waals surface area contributed by atoms with Crippen molar-refractivity contribution in [3.8, 4) is 5.75 Å². The maximum atomic E-state index is 10.7. The largest absolute Gasteiger partial charge is 0.549 e. The van der Waals surface area contributed by atoms with Crippen LogP contribution in [0.4, 0.5) is 5.69 Å². The molecule has 0 saturated heterocycles. The normalized spacial score (nSPS) is 11.9. The summed E-state index contributed by atoms with van der Waals surface area (Å²) in [5.74, 6) is -0.228. The fraction of sp³-hybridized carbons (Fsp3) is 0.308. The van der Waals surface area contributed by atoms with Gasteiger partial charge in [-0.15, -0.1) is 10.2 Å². The lowest BCUT2D eigenvalue weighted by atomic mass is 10.3. The molecule has 10 heteroatoms. The standard InChI is InChI=1S/C13H14N4O5S/c1-8(12(18)19)23-13-15-14-11(16(13)2)7-22-10-5-3-9(4-6-10)17(20)21/h3-6,8H,7H2,1-2H3,(H,18,19)/p-1/t8-/m1/s1. The van der Waals surface area contributed by atoms with Crippen LogP contribution in [0, 0.1) is 10.1 Å². The highest BCUT2D eigenvalue weighted by Crippen LogP contribution is 2.22. The summed E-state index contributed by atoms with van der Waals surface area (Å²) in [4.78, 5) is 20.8. The van der Waals surface area contributed by atoms with Crippen molar-refractivity contribution in [3.63, 3.8) is 0 Å². The third kappa shape index (κ3) is 4.19. The van der Waals surface area contributed by atoms with Crippen LogP contribution in [0.15, 0.2) is 29.4 Å². The predicted molar refractivity (Wildman–Crippen MR) is 78.8 cm³/mol. The van der Waals surface area contributed by atoms with Crippen molar-refractivity contribution < 1.29 is 19.6 Å². The molecular weight excluding hydrogens is 324 g/mol. The number of rotatable bonds is 7. The molecule has 2 rings (SSSR count). The second-order valence-corrected chi connectivity index (χ2v) is 5.88. The highest BCUT2D eigenvalue weighted by Gasteiger charge is 2.14. The smallest absolute Gasteiger partial charge is 0.269 e. The van der Waals surface area contributed by atoms with Crippen LogP contribution >= 0.6 is 11.8 Å². The molecule has 0 spiro atoms. The minimum Gasteiger partial charge on any atom is -0.549 e.